The number of nitrogens with zero attached hydrogens (tertiary/aromatic N) is 1. The number of aromatic nitrogens is 1. The van der Waals surface area contributed by atoms with Gasteiger partial charge in [0.05, 0.1) is 0 Å². The van der Waals surface area contributed by atoms with Crippen molar-refractivity contribution in [1.82, 2.24) is 10.5 Å². The van der Waals surface area contributed by atoms with Crippen LogP contribution in [0.3, 0.4) is 0 Å². The van der Waals surface area contributed by atoms with Crippen LogP contribution in [0.4, 0.5) is 0 Å². The van der Waals surface area contributed by atoms with Crippen LogP contribution in [0.5, 0.6) is 0 Å². The van der Waals surface area contributed by atoms with Gasteiger partial charge in [-0.05, 0) is 75.5 Å². The van der Waals surface area contributed by atoms with Crippen molar-refractivity contribution in [2.24, 2.45) is 23.2 Å². The molecule has 1 N–H and O–H groups in total. The number of aryl methyl sites for hydroxylation is 1. The topological polar surface area (TPSA) is 55.1 Å². The number of rotatable bonds is 4. The molecule has 4 aliphatic rings. The third-order valence-electron chi connectivity index (χ3n) is 7.49. The van der Waals surface area contributed by atoms with Crippen LogP contribution in [0.25, 0.3) is 11.3 Å². The van der Waals surface area contributed by atoms with Gasteiger partial charge in [0.15, 0.2) is 0 Å². The Morgan fingerprint density at radius 2 is 1.70 bits per heavy atom. The van der Waals surface area contributed by atoms with E-state index in [0.717, 1.165) is 23.3 Å². The molecule has 0 aliphatic heterocycles. The number of amides is 1. The smallest absolute Gasteiger partial charge is 0.257 e. The summed E-state index contributed by atoms with van der Waals surface area (Å²) in [5, 5.41) is 7.52. The normalized spacial score (nSPS) is 32.4. The van der Waals surface area contributed by atoms with E-state index in [1.54, 1.807) is 0 Å². The second-order valence-electron chi connectivity index (χ2n) is 9.30. The Labute approximate surface area is 160 Å². The average Bonchev–Trinajstić information content (AvgIpc) is 3.03. The number of carbonyl (C=O) groups excluding carboxylic acids is 1. The van der Waals surface area contributed by atoms with Crippen molar-refractivity contribution >= 4 is 5.91 Å². The molecule has 1 atom stereocenters. The van der Waals surface area contributed by atoms with Crippen LogP contribution in [0.2, 0.25) is 0 Å². The molecule has 4 nitrogen and oxygen atoms in total. The highest BCUT2D eigenvalue weighted by Crippen LogP contribution is 2.61. The highest BCUT2D eigenvalue weighted by molar-refractivity contribution is 6.00. The molecule has 4 saturated carbocycles. The van der Waals surface area contributed by atoms with Gasteiger partial charge in [0.2, 0.25) is 0 Å². The molecule has 4 fully saturated rings. The number of benzene rings is 1. The van der Waals surface area contributed by atoms with E-state index >= 15 is 0 Å². The fourth-order valence-electron chi connectivity index (χ4n) is 6.56. The highest BCUT2D eigenvalue weighted by Gasteiger charge is 2.53. The van der Waals surface area contributed by atoms with Crippen molar-refractivity contribution in [3.05, 3.63) is 41.7 Å². The molecule has 4 bridgehead atoms. The summed E-state index contributed by atoms with van der Waals surface area (Å²) in [5.41, 5.74) is 2.44. The molecule has 1 aromatic heterocycles. The first-order valence-electron chi connectivity index (χ1n) is 10.4. The summed E-state index contributed by atoms with van der Waals surface area (Å²) in [4.78, 5) is 13.2. The fourth-order valence-corrected chi connectivity index (χ4v) is 6.56. The predicted octanol–water partition coefficient (Wildman–Crippen LogP) is 4.98. The van der Waals surface area contributed by atoms with Crippen LogP contribution in [0.1, 0.15) is 61.6 Å². The van der Waals surface area contributed by atoms with Gasteiger partial charge in [-0.3, -0.25) is 4.79 Å². The minimum atomic E-state index is -0.0455. The summed E-state index contributed by atoms with van der Waals surface area (Å²) >= 11 is 0. The van der Waals surface area contributed by atoms with Crippen LogP contribution in [-0.4, -0.2) is 17.1 Å². The molecule has 4 heteroatoms. The van der Waals surface area contributed by atoms with E-state index in [-0.39, 0.29) is 11.9 Å². The van der Waals surface area contributed by atoms with Gasteiger partial charge >= 0.3 is 0 Å². The maximum Gasteiger partial charge on any atom is 0.257 e. The molecule has 1 unspecified atom stereocenters. The highest BCUT2D eigenvalue weighted by atomic mass is 16.5. The van der Waals surface area contributed by atoms with Gasteiger partial charge in [0.25, 0.3) is 5.91 Å². The fraction of sp³-hybridized carbons (Fsp3) is 0.565. The van der Waals surface area contributed by atoms with Gasteiger partial charge in [0.1, 0.15) is 17.0 Å². The minimum absolute atomic E-state index is 0.0455. The first-order valence-corrected chi connectivity index (χ1v) is 10.4. The quantitative estimate of drug-likeness (QED) is 0.832. The number of carbonyl (C=O) groups is 1. The van der Waals surface area contributed by atoms with E-state index in [9.17, 15) is 4.79 Å². The molecular weight excluding hydrogens is 336 g/mol. The molecule has 1 heterocycles. The lowest BCUT2D eigenvalue weighted by Crippen LogP contribution is -2.55. The molecule has 1 aromatic carbocycles. The summed E-state index contributed by atoms with van der Waals surface area (Å²) < 4.78 is 5.39. The van der Waals surface area contributed by atoms with Crippen molar-refractivity contribution in [2.45, 2.75) is 58.4 Å². The maximum absolute atomic E-state index is 13.2. The number of hydrogen-bond acceptors (Lipinski definition) is 3. The molecular formula is C23H28N2O2. The Balaban J connectivity index is 1.39. The lowest BCUT2D eigenvalue weighted by atomic mass is 9.48. The zero-order valence-electron chi connectivity index (χ0n) is 16.2. The van der Waals surface area contributed by atoms with Gasteiger partial charge in [-0.15, -0.1) is 0 Å². The molecule has 2 aromatic rings. The number of nitrogens with one attached hydrogen (secondary N) is 1. The largest absolute Gasteiger partial charge is 0.360 e. The Kier molecular flexibility index (Phi) is 3.92. The Morgan fingerprint density at radius 1 is 1.11 bits per heavy atom. The molecule has 27 heavy (non-hydrogen) atoms. The van der Waals surface area contributed by atoms with E-state index in [2.05, 4.69) is 17.4 Å². The van der Waals surface area contributed by atoms with Crippen LogP contribution in [-0.2, 0) is 0 Å². The third kappa shape index (κ3) is 2.81. The van der Waals surface area contributed by atoms with E-state index in [0.29, 0.717) is 22.4 Å². The van der Waals surface area contributed by atoms with Crippen molar-refractivity contribution < 1.29 is 9.32 Å². The standard InChI is InChI=1S/C23H28N2O2/c1-14-20(21(25-27-14)19-6-4-3-5-7-19)22(26)24-15(2)23-11-16-8-17(12-23)10-18(9-16)13-23/h3-7,15-18H,8-13H2,1-2H3,(H,24,26). The third-order valence-corrected chi connectivity index (χ3v) is 7.49. The summed E-state index contributed by atoms with van der Waals surface area (Å²) in [6, 6.07) is 10.0. The van der Waals surface area contributed by atoms with Gasteiger partial charge < -0.3 is 9.84 Å². The summed E-state index contributed by atoms with van der Waals surface area (Å²) in [6.45, 7) is 4.04. The average molecular weight is 364 g/mol. The maximum atomic E-state index is 13.2. The molecule has 4 aliphatic carbocycles. The van der Waals surface area contributed by atoms with Crippen LogP contribution in [0, 0.1) is 30.1 Å². The Morgan fingerprint density at radius 3 is 2.30 bits per heavy atom. The Bertz CT molecular complexity index is 819. The van der Waals surface area contributed by atoms with Crippen molar-refractivity contribution in [1.29, 1.82) is 0 Å². The molecule has 0 radical (unpaired) electrons. The van der Waals surface area contributed by atoms with E-state index in [1.807, 2.05) is 37.3 Å². The van der Waals surface area contributed by atoms with E-state index in [1.165, 1.54) is 38.5 Å². The Hall–Kier alpha value is -2.10. The second kappa shape index (κ2) is 6.22. The van der Waals surface area contributed by atoms with Gasteiger partial charge in [-0.1, -0.05) is 35.5 Å². The predicted molar refractivity (Wildman–Crippen MR) is 104 cm³/mol. The second-order valence-corrected chi connectivity index (χ2v) is 9.30. The number of hydrogen-bond donors (Lipinski definition) is 1. The molecule has 142 valence electrons. The molecule has 0 spiro atoms. The molecule has 0 saturated heterocycles. The van der Waals surface area contributed by atoms with Crippen molar-refractivity contribution in [3.63, 3.8) is 0 Å². The zero-order chi connectivity index (χ0) is 18.6. The minimum Gasteiger partial charge on any atom is -0.360 e. The first kappa shape index (κ1) is 17.0. The van der Waals surface area contributed by atoms with Crippen LogP contribution < -0.4 is 5.32 Å². The molecule has 1 amide bonds. The van der Waals surface area contributed by atoms with Crippen molar-refractivity contribution in [2.75, 3.05) is 0 Å². The SMILES string of the molecule is Cc1onc(-c2ccccc2)c1C(=O)NC(C)C12CC3CC(CC(C3)C1)C2. The van der Waals surface area contributed by atoms with E-state index < -0.39 is 0 Å². The first-order chi connectivity index (χ1) is 13.0. The molecule has 6 rings (SSSR count). The van der Waals surface area contributed by atoms with Gasteiger partial charge in [-0.25, -0.2) is 0 Å². The van der Waals surface area contributed by atoms with E-state index in [4.69, 9.17) is 4.52 Å². The summed E-state index contributed by atoms with van der Waals surface area (Å²) in [5.74, 6) is 3.19. The monoisotopic (exact) mass is 364 g/mol. The summed E-state index contributed by atoms with van der Waals surface area (Å²) in [7, 11) is 0. The van der Waals surface area contributed by atoms with Crippen molar-refractivity contribution in [3.8, 4) is 11.3 Å². The summed E-state index contributed by atoms with van der Waals surface area (Å²) in [6.07, 6.45) is 8.12. The van der Waals surface area contributed by atoms with Crippen LogP contribution in [0.15, 0.2) is 34.9 Å². The van der Waals surface area contributed by atoms with Gasteiger partial charge in [-0.2, -0.15) is 0 Å². The lowest BCUT2D eigenvalue weighted by Gasteiger charge is -2.59. The van der Waals surface area contributed by atoms with Crippen LogP contribution >= 0.6 is 0 Å². The lowest BCUT2D eigenvalue weighted by molar-refractivity contribution is -0.0688. The zero-order valence-corrected chi connectivity index (χ0v) is 16.2. The van der Waals surface area contributed by atoms with Gasteiger partial charge in [0, 0.05) is 11.6 Å².